The van der Waals surface area contributed by atoms with Crippen LogP contribution in [0.4, 0.5) is 10.3 Å². The molecule has 5 nitrogen and oxygen atoms in total. The van der Waals surface area contributed by atoms with Gasteiger partial charge in [-0.05, 0) is 26.0 Å². The second-order valence-electron chi connectivity index (χ2n) is 4.94. The lowest BCUT2D eigenvalue weighted by Gasteiger charge is -2.14. The molecule has 0 spiro atoms. The second-order valence-corrected chi connectivity index (χ2v) is 4.94. The predicted molar refractivity (Wildman–Crippen MR) is 77.9 cm³/mol. The maximum absolute atomic E-state index is 13.8. The highest BCUT2D eigenvalue weighted by molar-refractivity contribution is 5.80. The van der Waals surface area contributed by atoms with Gasteiger partial charge in [0.05, 0.1) is 24.2 Å². The van der Waals surface area contributed by atoms with Gasteiger partial charge < -0.3 is 14.9 Å². The van der Waals surface area contributed by atoms with Gasteiger partial charge in [-0.1, -0.05) is 0 Å². The van der Waals surface area contributed by atoms with Gasteiger partial charge in [0, 0.05) is 12.1 Å². The molecule has 1 atom stereocenters. The van der Waals surface area contributed by atoms with Crippen LogP contribution >= 0.6 is 0 Å². The first-order chi connectivity index (χ1) is 10.0. The minimum absolute atomic E-state index is 0.154. The molecule has 3 rings (SSSR count). The molecule has 0 saturated carbocycles. The summed E-state index contributed by atoms with van der Waals surface area (Å²) in [7, 11) is 1.42. The van der Waals surface area contributed by atoms with Gasteiger partial charge in [0.25, 0.3) is 0 Å². The maximum Gasteiger partial charge on any atom is 0.201 e. The standard InChI is InChI=1S/C15H16FN3O2/c1-8-4-5-13(21-8)9(2)19-12-7-14(20-3)10(16)6-11(12)18-15(19)17/h4-7,9H,1-3H3,(H2,17,18). The normalized spacial score (nSPS) is 12.8. The van der Waals surface area contributed by atoms with Crippen molar-refractivity contribution in [3.8, 4) is 5.75 Å². The largest absolute Gasteiger partial charge is 0.494 e. The molecule has 0 aliphatic heterocycles. The number of aryl methyl sites for hydroxylation is 1. The Morgan fingerprint density at radius 3 is 2.76 bits per heavy atom. The Hall–Kier alpha value is -2.50. The Labute approximate surface area is 121 Å². The third-order valence-corrected chi connectivity index (χ3v) is 3.55. The fourth-order valence-corrected chi connectivity index (χ4v) is 2.48. The zero-order valence-corrected chi connectivity index (χ0v) is 12.1. The molecule has 0 fully saturated rings. The first-order valence-electron chi connectivity index (χ1n) is 6.58. The Morgan fingerprint density at radius 1 is 1.38 bits per heavy atom. The SMILES string of the molecule is COc1cc2c(cc1F)nc(N)n2C(C)c1ccc(C)o1. The van der Waals surface area contributed by atoms with Gasteiger partial charge in [-0.25, -0.2) is 9.37 Å². The number of benzene rings is 1. The van der Waals surface area contributed by atoms with Crippen molar-refractivity contribution in [2.75, 3.05) is 12.8 Å². The summed E-state index contributed by atoms with van der Waals surface area (Å²) in [6, 6.07) is 6.55. The Morgan fingerprint density at radius 2 is 2.14 bits per heavy atom. The van der Waals surface area contributed by atoms with Crippen molar-refractivity contribution >= 4 is 17.0 Å². The van der Waals surface area contributed by atoms with E-state index in [4.69, 9.17) is 14.9 Å². The topological polar surface area (TPSA) is 66.2 Å². The lowest BCUT2D eigenvalue weighted by molar-refractivity contribution is 0.387. The quantitative estimate of drug-likeness (QED) is 0.803. The number of rotatable bonds is 3. The van der Waals surface area contributed by atoms with Crippen molar-refractivity contribution < 1.29 is 13.5 Å². The second kappa shape index (κ2) is 4.80. The molecule has 1 aromatic carbocycles. The smallest absolute Gasteiger partial charge is 0.201 e. The molecule has 0 saturated heterocycles. The number of anilines is 1. The Bertz CT molecular complexity index is 807. The average molecular weight is 289 g/mol. The van der Waals surface area contributed by atoms with Gasteiger partial charge in [-0.15, -0.1) is 0 Å². The number of nitrogens with zero attached hydrogens (tertiary/aromatic N) is 2. The summed E-state index contributed by atoms with van der Waals surface area (Å²) in [6.45, 7) is 3.83. The van der Waals surface area contributed by atoms with Crippen molar-refractivity contribution in [2.45, 2.75) is 19.9 Å². The molecule has 2 N–H and O–H groups in total. The fourth-order valence-electron chi connectivity index (χ4n) is 2.48. The Balaban J connectivity index is 2.19. The van der Waals surface area contributed by atoms with Crippen LogP contribution in [0.3, 0.4) is 0 Å². The lowest BCUT2D eigenvalue weighted by Crippen LogP contribution is -2.09. The molecule has 3 aromatic rings. The number of hydrogen-bond donors (Lipinski definition) is 1. The molecule has 0 aliphatic rings. The van der Waals surface area contributed by atoms with E-state index in [0.29, 0.717) is 17.0 Å². The fraction of sp³-hybridized carbons (Fsp3) is 0.267. The molecule has 2 heterocycles. The summed E-state index contributed by atoms with van der Waals surface area (Å²) < 4.78 is 26.2. The first kappa shape index (κ1) is 13.5. The van der Waals surface area contributed by atoms with Crippen LogP contribution in [0.1, 0.15) is 24.5 Å². The van der Waals surface area contributed by atoms with Gasteiger partial charge in [0.15, 0.2) is 11.6 Å². The molecule has 0 bridgehead atoms. The van der Waals surface area contributed by atoms with E-state index in [2.05, 4.69) is 4.98 Å². The minimum Gasteiger partial charge on any atom is -0.494 e. The highest BCUT2D eigenvalue weighted by atomic mass is 19.1. The van der Waals surface area contributed by atoms with Crippen LogP contribution in [0.15, 0.2) is 28.7 Å². The van der Waals surface area contributed by atoms with Crippen molar-refractivity contribution in [1.82, 2.24) is 9.55 Å². The van der Waals surface area contributed by atoms with Crippen molar-refractivity contribution in [3.05, 3.63) is 41.6 Å². The highest BCUT2D eigenvalue weighted by Gasteiger charge is 2.20. The van der Waals surface area contributed by atoms with E-state index in [9.17, 15) is 4.39 Å². The minimum atomic E-state index is -0.462. The molecule has 0 amide bonds. The first-order valence-corrected chi connectivity index (χ1v) is 6.58. The number of imidazole rings is 1. The predicted octanol–water partition coefficient (Wildman–Crippen LogP) is 3.28. The van der Waals surface area contributed by atoms with Gasteiger partial charge in [0.2, 0.25) is 5.95 Å². The number of fused-ring (bicyclic) bond motifs is 1. The summed E-state index contributed by atoms with van der Waals surface area (Å²) in [4.78, 5) is 4.21. The van der Waals surface area contributed by atoms with Crippen LogP contribution in [0.25, 0.3) is 11.0 Å². The maximum atomic E-state index is 13.8. The van der Waals surface area contributed by atoms with Crippen molar-refractivity contribution in [2.24, 2.45) is 0 Å². The van der Waals surface area contributed by atoms with E-state index < -0.39 is 5.82 Å². The number of ether oxygens (including phenoxy) is 1. The lowest BCUT2D eigenvalue weighted by atomic mass is 10.2. The summed E-state index contributed by atoms with van der Waals surface area (Å²) in [6.07, 6.45) is 0. The highest BCUT2D eigenvalue weighted by Crippen LogP contribution is 2.31. The number of aromatic nitrogens is 2. The van der Waals surface area contributed by atoms with E-state index in [1.54, 1.807) is 10.6 Å². The number of nitrogens with two attached hydrogens (primary N) is 1. The Kier molecular flexibility index (Phi) is 3.08. The molecule has 21 heavy (non-hydrogen) atoms. The van der Waals surface area contributed by atoms with Gasteiger partial charge in [-0.2, -0.15) is 0 Å². The molecule has 1 unspecified atom stereocenters. The molecule has 0 aliphatic carbocycles. The summed E-state index contributed by atoms with van der Waals surface area (Å²) in [5.41, 5.74) is 7.18. The summed E-state index contributed by atoms with van der Waals surface area (Å²) in [5.74, 6) is 1.59. The number of hydrogen-bond acceptors (Lipinski definition) is 4. The zero-order valence-electron chi connectivity index (χ0n) is 12.1. The van der Waals surface area contributed by atoms with Crippen LogP contribution in [-0.4, -0.2) is 16.7 Å². The number of methoxy groups -OCH3 is 1. The van der Waals surface area contributed by atoms with Crippen LogP contribution in [0.2, 0.25) is 0 Å². The molecule has 6 heteroatoms. The molecular weight excluding hydrogens is 273 g/mol. The van der Waals surface area contributed by atoms with E-state index in [1.807, 2.05) is 26.0 Å². The number of halogens is 1. The van der Waals surface area contributed by atoms with Gasteiger partial charge in [-0.3, -0.25) is 4.57 Å². The third-order valence-electron chi connectivity index (χ3n) is 3.55. The van der Waals surface area contributed by atoms with Crippen molar-refractivity contribution in [3.63, 3.8) is 0 Å². The molecule has 110 valence electrons. The van der Waals surface area contributed by atoms with Gasteiger partial charge in [0.1, 0.15) is 11.5 Å². The van der Waals surface area contributed by atoms with E-state index in [-0.39, 0.29) is 11.8 Å². The van der Waals surface area contributed by atoms with E-state index >= 15 is 0 Å². The third kappa shape index (κ3) is 2.12. The number of nitrogen functional groups attached to an aromatic ring is 1. The van der Waals surface area contributed by atoms with Crippen LogP contribution < -0.4 is 10.5 Å². The molecular formula is C15H16FN3O2. The monoisotopic (exact) mass is 289 g/mol. The molecule has 2 aromatic heterocycles. The van der Waals surface area contributed by atoms with Crippen LogP contribution in [-0.2, 0) is 0 Å². The van der Waals surface area contributed by atoms with E-state index in [1.165, 1.54) is 13.2 Å². The zero-order chi connectivity index (χ0) is 15.1. The van der Waals surface area contributed by atoms with Gasteiger partial charge >= 0.3 is 0 Å². The van der Waals surface area contributed by atoms with Crippen LogP contribution in [0, 0.1) is 12.7 Å². The summed E-state index contributed by atoms with van der Waals surface area (Å²) >= 11 is 0. The van der Waals surface area contributed by atoms with Crippen LogP contribution in [0.5, 0.6) is 5.75 Å². The van der Waals surface area contributed by atoms with Crippen molar-refractivity contribution in [1.29, 1.82) is 0 Å². The average Bonchev–Trinajstić information content (AvgIpc) is 3.00. The van der Waals surface area contributed by atoms with E-state index in [0.717, 1.165) is 11.5 Å². The number of furan rings is 1. The molecule has 0 radical (unpaired) electrons. The summed E-state index contributed by atoms with van der Waals surface area (Å²) in [5, 5.41) is 0.